The third-order valence-electron chi connectivity index (χ3n) is 2.89. The first-order chi connectivity index (χ1) is 11.2. The van der Waals surface area contributed by atoms with E-state index in [0.29, 0.717) is 26.6 Å². The number of halogens is 2. The highest BCUT2D eigenvalue weighted by Crippen LogP contribution is 2.36. The molecule has 2 N–H and O–H groups in total. The second-order valence-corrected chi connectivity index (χ2v) is 7.92. The van der Waals surface area contributed by atoms with E-state index in [0.717, 1.165) is 6.26 Å². The first kappa shape index (κ1) is 18.6. The fraction of sp³-hybridized carbons (Fsp3) is 0.133. The molecule has 0 radical (unpaired) electrons. The van der Waals surface area contributed by atoms with E-state index in [1.165, 1.54) is 13.2 Å². The summed E-state index contributed by atoms with van der Waals surface area (Å²) in [5, 5.41) is 3.12. The SMILES string of the molecule is COc1c(Br)cc(Cl)cc1NC(=O)c1cccc(NS(C)(=O)=O)c1. The van der Waals surface area contributed by atoms with Crippen LogP contribution in [0, 0.1) is 0 Å². The molecule has 0 aromatic heterocycles. The molecule has 0 aliphatic heterocycles. The number of hydrogen-bond donors (Lipinski definition) is 2. The Labute approximate surface area is 153 Å². The molecule has 0 bridgehead atoms. The predicted molar refractivity (Wildman–Crippen MR) is 98.6 cm³/mol. The summed E-state index contributed by atoms with van der Waals surface area (Å²) in [6.45, 7) is 0. The van der Waals surface area contributed by atoms with Gasteiger partial charge in [-0.1, -0.05) is 17.7 Å². The van der Waals surface area contributed by atoms with E-state index in [-0.39, 0.29) is 5.56 Å². The zero-order valence-electron chi connectivity index (χ0n) is 12.8. The van der Waals surface area contributed by atoms with Crippen LogP contribution in [0.5, 0.6) is 5.75 Å². The van der Waals surface area contributed by atoms with E-state index in [2.05, 4.69) is 26.0 Å². The second-order valence-electron chi connectivity index (χ2n) is 4.88. The van der Waals surface area contributed by atoms with E-state index in [1.54, 1.807) is 30.3 Å². The fourth-order valence-corrected chi connectivity index (χ4v) is 3.52. The largest absolute Gasteiger partial charge is 0.493 e. The van der Waals surface area contributed by atoms with E-state index in [9.17, 15) is 13.2 Å². The molecule has 0 aliphatic carbocycles. The Morgan fingerprint density at radius 3 is 2.58 bits per heavy atom. The molecule has 0 heterocycles. The number of methoxy groups -OCH3 is 1. The quantitative estimate of drug-likeness (QED) is 0.752. The van der Waals surface area contributed by atoms with Gasteiger partial charge in [-0.2, -0.15) is 0 Å². The average Bonchev–Trinajstić information content (AvgIpc) is 2.45. The van der Waals surface area contributed by atoms with E-state index in [4.69, 9.17) is 16.3 Å². The van der Waals surface area contributed by atoms with Crippen LogP contribution in [0.25, 0.3) is 0 Å². The van der Waals surface area contributed by atoms with Crippen molar-refractivity contribution in [2.75, 3.05) is 23.4 Å². The Kier molecular flexibility index (Phi) is 5.74. The molecular formula is C15H14BrClN2O4S. The molecule has 0 aliphatic rings. The van der Waals surface area contributed by atoms with Crippen LogP contribution in [0.2, 0.25) is 5.02 Å². The van der Waals surface area contributed by atoms with E-state index in [1.807, 2.05) is 0 Å². The molecule has 2 aromatic rings. The molecule has 0 saturated carbocycles. The van der Waals surface area contributed by atoms with Crippen LogP contribution in [-0.4, -0.2) is 27.7 Å². The van der Waals surface area contributed by atoms with Crippen molar-refractivity contribution in [1.29, 1.82) is 0 Å². The Balaban J connectivity index is 2.29. The molecule has 0 saturated heterocycles. The summed E-state index contributed by atoms with van der Waals surface area (Å²) in [6.07, 6.45) is 1.04. The van der Waals surface area contributed by atoms with Gasteiger partial charge in [0.15, 0.2) is 5.75 Å². The standard InChI is InChI=1S/C15H14BrClN2O4S/c1-23-14-12(16)7-10(17)8-13(14)18-15(20)9-4-3-5-11(6-9)19-24(2,21)22/h3-8,19H,1-2H3,(H,18,20). The number of amides is 1. The molecule has 0 atom stereocenters. The number of nitrogens with one attached hydrogen (secondary N) is 2. The van der Waals surface area contributed by atoms with Crippen molar-refractivity contribution < 1.29 is 17.9 Å². The summed E-state index contributed by atoms with van der Waals surface area (Å²) < 4.78 is 30.7. The highest BCUT2D eigenvalue weighted by Gasteiger charge is 2.14. The highest BCUT2D eigenvalue weighted by molar-refractivity contribution is 9.10. The molecule has 128 valence electrons. The zero-order chi connectivity index (χ0) is 17.9. The third-order valence-corrected chi connectivity index (χ3v) is 4.30. The van der Waals surface area contributed by atoms with E-state index < -0.39 is 15.9 Å². The van der Waals surface area contributed by atoms with Crippen molar-refractivity contribution in [3.05, 3.63) is 51.5 Å². The number of benzene rings is 2. The number of sulfonamides is 1. The number of carbonyl (C=O) groups is 1. The maximum Gasteiger partial charge on any atom is 0.255 e. The molecule has 0 spiro atoms. The smallest absolute Gasteiger partial charge is 0.255 e. The summed E-state index contributed by atoms with van der Waals surface area (Å²) in [4.78, 5) is 12.4. The summed E-state index contributed by atoms with van der Waals surface area (Å²) >= 11 is 9.30. The lowest BCUT2D eigenvalue weighted by molar-refractivity contribution is 0.102. The lowest BCUT2D eigenvalue weighted by Crippen LogP contribution is -2.14. The Bertz CT molecular complexity index is 887. The van der Waals surface area contributed by atoms with Gasteiger partial charge < -0.3 is 10.1 Å². The molecule has 0 fully saturated rings. The second kappa shape index (κ2) is 7.42. The molecular weight excluding hydrogens is 420 g/mol. The molecule has 24 heavy (non-hydrogen) atoms. The van der Waals surface area contributed by atoms with Crippen LogP contribution in [0.4, 0.5) is 11.4 Å². The number of carbonyl (C=O) groups excluding carboxylic acids is 1. The maximum atomic E-state index is 12.4. The number of hydrogen-bond acceptors (Lipinski definition) is 4. The third kappa shape index (κ3) is 4.86. The fourth-order valence-electron chi connectivity index (χ4n) is 1.99. The summed E-state index contributed by atoms with van der Waals surface area (Å²) in [5.74, 6) is -0.00205. The van der Waals surface area contributed by atoms with Crippen molar-refractivity contribution in [3.63, 3.8) is 0 Å². The van der Waals surface area contributed by atoms with E-state index >= 15 is 0 Å². The topological polar surface area (TPSA) is 84.5 Å². The van der Waals surface area contributed by atoms with Crippen LogP contribution in [0.3, 0.4) is 0 Å². The Morgan fingerprint density at radius 1 is 1.25 bits per heavy atom. The minimum Gasteiger partial charge on any atom is -0.493 e. The van der Waals surface area contributed by atoms with Crippen LogP contribution in [-0.2, 0) is 10.0 Å². The minimum absolute atomic E-state index is 0.279. The normalized spacial score (nSPS) is 11.0. The van der Waals surface area contributed by atoms with Crippen molar-refractivity contribution in [2.24, 2.45) is 0 Å². The Hall–Kier alpha value is -1.77. The van der Waals surface area contributed by atoms with Crippen molar-refractivity contribution in [2.45, 2.75) is 0 Å². The van der Waals surface area contributed by atoms with Gasteiger partial charge in [0.2, 0.25) is 10.0 Å². The van der Waals surface area contributed by atoms with Crippen molar-refractivity contribution >= 4 is 54.8 Å². The van der Waals surface area contributed by atoms with Gasteiger partial charge in [0.1, 0.15) is 0 Å². The van der Waals surface area contributed by atoms with Crippen LogP contribution < -0.4 is 14.8 Å². The van der Waals surface area contributed by atoms with Gasteiger partial charge in [-0.3, -0.25) is 9.52 Å². The first-order valence-electron chi connectivity index (χ1n) is 6.62. The monoisotopic (exact) mass is 432 g/mol. The van der Waals surface area contributed by atoms with Gasteiger partial charge >= 0.3 is 0 Å². The molecule has 6 nitrogen and oxygen atoms in total. The van der Waals surface area contributed by atoms with Gasteiger partial charge in [-0.25, -0.2) is 8.42 Å². The van der Waals surface area contributed by atoms with Gasteiger partial charge in [-0.05, 0) is 46.3 Å². The minimum atomic E-state index is -3.43. The van der Waals surface area contributed by atoms with Gasteiger partial charge in [0.05, 0.1) is 23.5 Å². The van der Waals surface area contributed by atoms with Crippen LogP contribution in [0.15, 0.2) is 40.9 Å². The number of rotatable bonds is 5. The molecule has 9 heteroatoms. The zero-order valence-corrected chi connectivity index (χ0v) is 15.9. The molecule has 1 amide bonds. The lowest BCUT2D eigenvalue weighted by Gasteiger charge is -2.13. The Morgan fingerprint density at radius 2 is 1.96 bits per heavy atom. The highest BCUT2D eigenvalue weighted by atomic mass is 79.9. The predicted octanol–water partition coefficient (Wildman–Crippen LogP) is 3.73. The van der Waals surface area contributed by atoms with Gasteiger partial charge in [-0.15, -0.1) is 0 Å². The number of ether oxygens (including phenoxy) is 1. The van der Waals surface area contributed by atoms with Crippen molar-refractivity contribution in [3.8, 4) is 5.75 Å². The van der Waals surface area contributed by atoms with Crippen molar-refractivity contribution in [1.82, 2.24) is 0 Å². The van der Waals surface area contributed by atoms with Gasteiger partial charge in [0, 0.05) is 16.3 Å². The summed E-state index contributed by atoms with van der Waals surface area (Å²) in [7, 11) is -1.95. The summed E-state index contributed by atoms with van der Waals surface area (Å²) in [6, 6.07) is 9.33. The van der Waals surface area contributed by atoms with Crippen LogP contribution >= 0.6 is 27.5 Å². The molecule has 2 aromatic carbocycles. The lowest BCUT2D eigenvalue weighted by atomic mass is 10.2. The number of anilines is 2. The van der Waals surface area contributed by atoms with Crippen LogP contribution in [0.1, 0.15) is 10.4 Å². The molecule has 0 unspecified atom stereocenters. The first-order valence-corrected chi connectivity index (χ1v) is 9.68. The summed E-state index contributed by atoms with van der Waals surface area (Å²) in [5.41, 5.74) is 0.967. The molecule has 2 rings (SSSR count). The maximum absolute atomic E-state index is 12.4. The van der Waals surface area contributed by atoms with Gasteiger partial charge in [0.25, 0.3) is 5.91 Å². The average molecular weight is 434 g/mol.